The van der Waals surface area contributed by atoms with Gasteiger partial charge in [0.05, 0.1) is 9.92 Å². The van der Waals surface area contributed by atoms with Crippen LogP contribution in [0.2, 0.25) is 5.02 Å². The quantitative estimate of drug-likeness (QED) is 0.874. The van der Waals surface area contributed by atoms with Gasteiger partial charge in [-0.1, -0.05) is 41.9 Å². The van der Waals surface area contributed by atoms with Crippen molar-refractivity contribution >= 4 is 37.6 Å². The van der Waals surface area contributed by atoms with Gasteiger partial charge < -0.3 is 0 Å². The molecule has 1 unspecified atom stereocenters. The van der Waals surface area contributed by atoms with E-state index in [0.29, 0.717) is 9.50 Å². The molecule has 0 bridgehead atoms. The van der Waals surface area contributed by atoms with Crippen molar-refractivity contribution < 1.29 is 8.42 Å². The first kappa shape index (κ1) is 15.5. The molecule has 20 heavy (non-hydrogen) atoms. The summed E-state index contributed by atoms with van der Waals surface area (Å²) in [5.41, 5.74) is 0.907. The van der Waals surface area contributed by atoms with E-state index in [2.05, 4.69) is 20.7 Å². The zero-order valence-corrected chi connectivity index (χ0v) is 13.8. The van der Waals surface area contributed by atoms with E-state index in [1.165, 1.54) is 12.1 Å². The van der Waals surface area contributed by atoms with Crippen LogP contribution in [0.1, 0.15) is 18.5 Å². The van der Waals surface area contributed by atoms with E-state index in [4.69, 9.17) is 11.6 Å². The van der Waals surface area contributed by atoms with Crippen LogP contribution in [-0.2, 0) is 10.0 Å². The highest BCUT2D eigenvalue weighted by molar-refractivity contribution is 9.10. The molecule has 0 aliphatic rings. The molecule has 3 nitrogen and oxygen atoms in total. The van der Waals surface area contributed by atoms with Gasteiger partial charge in [0.15, 0.2) is 0 Å². The Hall–Kier alpha value is -0.880. The number of nitrogens with one attached hydrogen (secondary N) is 1. The van der Waals surface area contributed by atoms with Crippen LogP contribution in [-0.4, -0.2) is 8.42 Å². The maximum atomic E-state index is 12.3. The van der Waals surface area contributed by atoms with E-state index >= 15 is 0 Å². The van der Waals surface area contributed by atoms with Gasteiger partial charge in [-0.3, -0.25) is 0 Å². The molecule has 2 rings (SSSR count). The molecule has 0 aromatic heterocycles. The number of hydrogen-bond acceptors (Lipinski definition) is 2. The van der Waals surface area contributed by atoms with Crippen LogP contribution in [0.4, 0.5) is 0 Å². The minimum absolute atomic E-state index is 0.177. The molecule has 0 radical (unpaired) electrons. The molecule has 6 heteroatoms. The molecule has 0 spiro atoms. The topological polar surface area (TPSA) is 46.2 Å². The normalized spacial score (nSPS) is 13.2. The molecule has 0 saturated heterocycles. The van der Waals surface area contributed by atoms with Gasteiger partial charge in [-0.2, -0.15) is 0 Å². The third-order valence-corrected chi connectivity index (χ3v) is 5.59. The lowest BCUT2D eigenvalue weighted by molar-refractivity contribution is 0.567. The van der Waals surface area contributed by atoms with Crippen LogP contribution < -0.4 is 4.72 Å². The molecule has 0 aliphatic heterocycles. The molecular formula is C14H13BrClNO2S. The molecule has 2 aromatic rings. The molecule has 0 fully saturated rings. The summed E-state index contributed by atoms with van der Waals surface area (Å²) in [5, 5.41) is 0.472. The molecule has 0 aliphatic carbocycles. The Bertz CT molecular complexity index is 704. The summed E-state index contributed by atoms with van der Waals surface area (Å²) in [4.78, 5) is 0.177. The van der Waals surface area contributed by atoms with Gasteiger partial charge in [0.2, 0.25) is 10.0 Å². The van der Waals surface area contributed by atoms with E-state index in [9.17, 15) is 8.42 Å². The molecule has 2 aromatic carbocycles. The molecule has 0 saturated carbocycles. The summed E-state index contributed by atoms with van der Waals surface area (Å²) in [5.74, 6) is 0. The highest BCUT2D eigenvalue weighted by atomic mass is 79.9. The van der Waals surface area contributed by atoms with Crippen LogP contribution in [0.5, 0.6) is 0 Å². The van der Waals surface area contributed by atoms with Crippen molar-refractivity contribution in [2.75, 3.05) is 0 Å². The van der Waals surface area contributed by atoms with Crippen molar-refractivity contribution in [2.24, 2.45) is 0 Å². The maximum Gasteiger partial charge on any atom is 0.241 e. The summed E-state index contributed by atoms with van der Waals surface area (Å²) in [7, 11) is -3.59. The van der Waals surface area contributed by atoms with Crippen molar-refractivity contribution in [2.45, 2.75) is 17.9 Å². The average molecular weight is 375 g/mol. The van der Waals surface area contributed by atoms with Gasteiger partial charge in [0.1, 0.15) is 0 Å². The van der Waals surface area contributed by atoms with E-state index in [1.807, 2.05) is 30.3 Å². The van der Waals surface area contributed by atoms with Crippen LogP contribution in [0.15, 0.2) is 57.9 Å². The SMILES string of the molecule is CC(NS(=O)(=O)c1ccc(Cl)c(Br)c1)c1ccccc1. The smallest absolute Gasteiger partial charge is 0.207 e. The Morgan fingerprint density at radius 3 is 2.40 bits per heavy atom. The molecule has 1 N–H and O–H groups in total. The van der Waals surface area contributed by atoms with E-state index < -0.39 is 10.0 Å². The third kappa shape index (κ3) is 3.61. The van der Waals surface area contributed by atoms with Crippen molar-refractivity contribution in [3.63, 3.8) is 0 Å². The minimum Gasteiger partial charge on any atom is -0.207 e. The van der Waals surface area contributed by atoms with E-state index in [-0.39, 0.29) is 10.9 Å². The van der Waals surface area contributed by atoms with Crippen molar-refractivity contribution in [3.05, 3.63) is 63.6 Å². The van der Waals surface area contributed by atoms with Crippen molar-refractivity contribution in [1.82, 2.24) is 4.72 Å². The second-order valence-electron chi connectivity index (χ2n) is 4.33. The summed E-state index contributed by atoms with van der Waals surface area (Å²) >= 11 is 9.10. The third-order valence-electron chi connectivity index (χ3n) is 2.83. The maximum absolute atomic E-state index is 12.3. The zero-order valence-electron chi connectivity index (χ0n) is 10.7. The number of benzene rings is 2. The number of sulfonamides is 1. The van der Waals surface area contributed by atoms with E-state index in [1.54, 1.807) is 13.0 Å². The monoisotopic (exact) mass is 373 g/mol. The summed E-state index contributed by atoms with van der Waals surface area (Å²) in [6, 6.07) is 13.6. The molecule has 106 valence electrons. The van der Waals surface area contributed by atoms with Crippen LogP contribution in [0.25, 0.3) is 0 Å². The standard InChI is InChI=1S/C14H13BrClNO2S/c1-10(11-5-3-2-4-6-11)17-20(18,19)12-7-8-14(16)13(15)9-12/h2-10,17H,1H3. The zero-order chi connectivity index (χ0) is 14.8. The first-order valence-electron chi connectivity index (χ1n) is 5.92. The van der Waals surface area contributed by atoms with Gasteiger partial charge in [0.25, 0.3) is 0 Å². The highest BCUT2D eigenvalue weighted by Gasteiger charge is 2.19. The van der Waals surface area contributed by atoms with Crippen LogP contribution >= 0.6 is 27.5 Å². The number of halogens is 2. The fourth-order valence-corrected chi connectivity index (χ4v) is 3.66. The predicted octanol–water partition coefficient (Wildman–Crippen LogP) is 4.14. The largest absolute Gasteiger partial charge is 0.241 e. The van der Waals surface area contributed by atoms with Gasteiger partial charge >= 0.3 is 0 Å². The average Bonchev–Trinajstić information content (AvgIpc) is 2.42. The summed E-state index contributed by atoms with van der Waals surface area (Å²) in [6.07, 6.45) is 0. The van der Waals surface area contributed by atoms with Crippen molar-refractivity contribution in [1.29, 1.82) is 0 Å². The highest BCUT2D eigenvalue weighted by Crippen LogP contribution is 2.26. The Kier molecular flexibility index (Phi) is 4.86. The lowest BCUT2D eigenvalue weighted by atomic mass is 10.1. The predicted molar refractivity (Wildman–Crippen MR) is 84.3 cm³/mol. The summed E-state index contributed by atoms with van der Waals surface area (Å²) in [6.45, 7) is 1.80. The van der Waals surface area contributed by atoms with Gasteiger partial charge in [-0.05, 0) is 46.6 Å². The minimum atomic E-state index is -3.59. The Balaban J connectivity index is 2.25. The Labute approximate surface area is 132 Å². The fourth-order valence-electron chi connectivity index (χ4n) is 1.75. The van der Waals surface area contributed by atoms with Crippen LogP contribution in [0, 0.1) is 0 Å². The van der Waals surface area contributed by atoms with E-state index in [0.717, 1.165) is 5.56 Å². The lowest BCUT2D eigenvalue weighted by Crippen LogP contribution is -2.26. The first-order valence-corrected chi connectivity index (χ1v) is 8.58. The molecule has 0 heterocycles. The number of rotatable bonds is 4. The molecule has 0 amide bonds. The second kappa shape index (κ2) is 6.26. The Morgan fingerprint density at radius 1 is 1.15 bits per heavy atom. The summed E-state index contributed by atoms with van der Waals surface area (Å²) < 4.78 is 27.8. The number of hydrogen-bond donors (Lipinski definition) is 1. The van der Waals surface area contributed by atoms with Gasteiger partial charge in [-0.15, -0.1) is 0 Å². The van der Waals surface area contributed by atoms with Gasteiger partial charge in [0, 0.05) is 10.5 Å². The fraction of sp³-hybridized carbons (Fsp3) is 0.143. The van der Waals surface area contributed by atoms with Crippen LogP contribution in [0.3, 0.4) is 0 Å². The first-order chi connectivity index (χ1) is 9.40. The van der Waals surface area contributed by atoms with Crippen molar-refractivity contribution in [3.8, 4) is 0 Å². The molecular weight excluding hydrogens is 362 g/mol. The Morgan fingerprint density at radius 2 is 1.80 bits per heavy atom. The van der Waals surface area contributed by atoms with Gasteiger partial charge in [-0.25, -0.2) is 13.1 Å². The molecule has 1 atom stereocenters. The second-order valence-corrected chi connectivity index (χ2v) is 7.31. The lowest BCUT2D eigenvalue weighted by Gasteiger charge is -2.15.